The van der Waals surface area contributed by atoms with Crippen LogP contribution in [0.25, 0.3) is 55.6 Å². The highest BCUT2D eigenvalue weighted by atomic mass is 15.1. The minimum Gasteiger partial charge on any atom is -0.311 e. The Hall–Kier alpha value is -8.00. The van der Waals surface area contributed by atoms with Gasteiger partial charge in [0.1, 0.15) is 0 Å². The van der Waals surface area contributed by atoms with E-state index < -0.39 is 5.41 Å². The minimum absolute atomic E-state index is 0.461. The van der Waals surface area contributed by atoms with Crippen LogP contribution in [-0.4, -0.2) is 0 Å². The zero-order chi connectivity index (χ0) is 41.3. The highest BCUT2D eigenvalue weighted by Gasteiger charge is 2.46. The molecule has 1 heteroatoms. The van der Waals surface area contributed by atoms with Crippen molar-refractivity contribution in [2.24, 2.45) is 0 Å². The van der Waals surface area contributed by atoms with Crippen molar-refractivity contribution in [3.05, 3.63) is 283 Å². The molecule has 0 N–H and O–H groups in total. The molecule has 11 rings (SSSR count). The van der Waals surface area contributed by atoms with Gasteiger partial charge in [0.2, 0.25) is 0 Å². The molecule has 0 saturated carbocycles. The molecule has 0 radical (unpaired) electrons. The standard InChI is InChI=1S/C61H43N/c1-6-16-44(17-7-1)47-26-34-54(35-27-47)62(55-36-28-48(29-37-55)45-18-8-2-9-19-45)56-38-30-49(31-39-56)51-33-41-60-58(43-51)57-42-50(46-20-10-3-11-21-46)32-40-59(57)61(60,52-22-12-4-13-23-52)53-24-14-5-15-25-53/h1-43H. The van der Waals surface area contributed by atoms with Gasteiger partial charge in [-0.25, -0.2) is 0 Å². The third kappa shape index (κ3) is 6.52. The zero-order valence-electron chi connectivity index (χ0n) is 34.3. The number of anilines is 3. The van der Waals surface area contributed by atoms with Gasteiger partial charge >= 0.3 is 0 Å². The van der Waals surface area contributed by atoms with E-state index >= 15 is 0 Å². The predicted octanol–water partition coefficient (Wildman–Crippen LogP) is 16.2. The monoisotopic (exact) mass is 789 g/mol. The maximum atomic E-state index is 2.42. The first-order chi connectivity index (χ1) is 30.7. The number of hydrogen-bond donors (Lipinski definition) is 0. The fourth-order valence-electron chi connectivity index (χ4n) is 9.61. The Morgan fingerprint density at radius 3 is 0.823 bits per heavy atom. The number of hydrogen-bond acceptors (Lipinski definition) is 1. The Bertz CT molecular complexity index is 2980. The summed E-state index contributed by atoms with van der Waals surface area (Å²) >= 11 is 0. The first kappa shape index (κ1) is 37.0. The number of nitrogens with zero attached hydrogens (tertiary/aromatic N) is 1. The van der Waals surface area contributed by atoms with Gasteiger partial charge in [0.05, 0.1) is 5.41 Å². The topological polar surface area (TPSA) is 3.24 Å². The van der Waals surface area contributed by atoms with Crippen molar-refractivity contribution in [3.63, 3.8) is 0 Å². The van der Waals surface area contributed by atoms with E-state index in [0.717, 1.165) is 17.1 Å². The quantitative estimate of drug-likeness (QED) is 0.141. The lowest BCUT2D eigenvalue weighted by atomic mass is 9.67. The summed E-state index contributed by atoms with van der Waals surface area (Å²) in [5.74, 6) is 0. The van der Waals surface area contributed by atoms with Crippen molar-refractivity contribution in [2.45, 2.75) is 5.41 Å². The average molecular weight is 790 g/mol. The van der Waals surface area contributed by atoms with Crippen LogP contribution >= 0.6 is 0 Å². The van der Waals surface area contributed by atoms with E-state index in [1.54, 1.807) is 0 Å². The lowest BCUT2D eigenvalue weighted by Crippen LogP contribution is -2.28. The van der Waals surface area contributed by atoms with Crippen molar-refractivity contribution < 1.29 is 0 Å². The molecule has 0 heterocycles. The number of benzene rings is 10. The van der Waals surface area contributed by atoms with Crippen molar-refractivity contribution in [2.75, 3.05) is 4.90 Å². The van der Waals surface area contributed by atoms with Gasteiger partial charge < -0.3 is 4.90 Å². The summed E-state index contributed by atoms with van der Waals surface area (Å²) in [4.78, 5) is 2.35. The van der Waals surface area contributed by atoms with Gasteiger partial charge in [0.25, 0.3) is 0 Å². The molecule has 0 aromatic heterocycles. The molecule has 0 aliphatic heterocycles. The summed E-state index contributed by atoms with van der Waals surface area (Å²) in [5, 5.41) is 0. The molecule has 0 spiro atoms. The molecule has 0 amide bonds. The second-order valence-electron chi connectivity index (χ2n) is 16.1. The van der Waals surface area contributed by atoms with Gasteiger partial charge in [-0.15, -0.1) is 0 Å². The van der Waals surface area contributed by atoms with Crippen molar-refractivity contribution in [3.8, 4) is 55.6 Å². The smallest absolute Gasteiger partial charge is 0.0713 e. The molecule has 10 aromatic carbocycles. The van der Waals surface area contributed by atoms with Crippen molar-refractivity contribution >= 4 is 17.1 Å². The molecule has 10 aromatic rings. The van der Waals surface area contributed by atoms with Gasteiger partial charge in [0.15, 0.2) is 0 Å². The van der Waals surface area contributed by atoms with Crippen LogP contribution in [-0.2, 0) is 5.41 Å². The van der Waals surface area contributed by atoms with Crippen LogP contribution in [0.3, 0.4) is 0 Å². The highest BCUT2D eigenvalue weighted by molar-refractivity contribution is 5.91. The Balaban J connectivity index is 1.02. The molecule has 1 aliphatic rings. The third-order valence-corrected chi connectivity index (χ3v) is 12.6. The largest absolute Gasteiger partial charge is 0.311 e. The average Bonchev–Trinajstić information content (AvgIpc) is 3.66. The van der Waals surface area contributed by atoms with Crippen LogP contribution in [0.1, 0.15) is 22.3 Å². The Labute approximate surface area is 364 Å². The summed E-state index contributed by atoms with van der Waals surface area (Å²) in [7, 11) is 0. The molecule has 292 valence electrons. The molecular weight excluding hydrogens is 747 g/mol. The van der Waals surface area contributed by atoms with Crippen LogP contribution in [0.5, 0.6) is 0 Å². The lowest BCUT2D eigenvalue weighted by molar-refractivity contribution is 0.768. The molecular formula is C61H43N. The molecule has 62 heavy (non-hydrogen) atoms. The minimum atomic E-state index is -0.461. The lowest BCUT2D eigenvalue weighted by Gasteiger charge is -2.34. The zero-order valence-corrected chi connectivity index (χ0v) is 34.3. The van der Waals surface area contributed by atoms with E-state index in [2.05, 4.69) is 266 Å². The van der Waals surface area contributed by atoms with E-state index in [0.29, 0.717) is 0 Å². The number of fused-ring (bicyclic) bond motifs is 3. The Kier molecular flexibility index (Phi) is 9.48. The Morgan fingerprint density at radius 1 is 0.226 bits per heavy atom. The summed E-state index contributed by atoms with van der Waals surface area (Å²) in [6.45, 7) is 0. The second kappa shape index (κ2) is 15.9. The molecule has 0 unspecified atom stereocenters. The maximum Gasteiger partial charge on any atom is 0.0713 e. The first-order valence-corrected chi connectivity index (χ1v) is 21.4. The summed E-state index contributed by atoms with van der Waals surface area (Å²) in [5.41, 5.74) is 20.1. The van der Waals surface area contributed by atoms with Gasteiger partial charge in [-0.05, 0) is 126 Å². The van der Waals surface area contributed by atoms with Crippen molar-refractivity contribution in [1.82, 2.24) is 0 Å². The predicted molar refractivity (Wildman–Crippen MR) is 260 cm³/mol. The van der Waals surface area contributed by atoms with Gasteiger partial charge in [0, 0.05) is 17.1 Å². The molecule has 1 aliphatic carbocycles. The van der Waals surface area contributed by atoms with Crippen LogP contribution in [0.2, 0.25) is 0 Å². The second-order valence-corrected chi connectivity index (χ2v) is 16.1. The van der Waals surface area contributed by atoms with Crippen molar-refractivity contribution in [1.29, 1.82) is 0 Å². The number of rotatable bonds is 9. The highest BCUT2D eigenvalue weighted by Crippen LogP contribution is 2.57. The van der Waals surface area contributed by atoms with Crippen LogP contribution in [0, 0.1) is 0 Å². The van der Waals surface area contributed by atoms with E-state index in [9.17, 15) is 0 Å². The molecule has 1 nitrogen and oxygen atoms in total. The van der Waals surface area contributed by atoms with E-state index in [1.807, 2.05) is 0 Å². The molecule has 0 saturated heterocycles. The van der Waals surface area contributed by atoms with E-state index in [-0.39, 0.29) is 0 Å². The fraction of sp³-hybridized carbons (Fsp3) is 0.0164. The summed E-state index contributed by atoms with van der Waals surface area (Å²) in [6, 6.07) is 95.1. The molecule has 0 bridgehead atoms. The molecule has 0 atom stereocenters. The van der Waals surface area contributed by atoms with Gasteiger partial charge in [-0.3, -0.25) is 0 Å². The van der Waals surface area contributed by atoms with Gasteiger partial charge in [-0.1, -0.05) is 212 Å². The SMILES string of the molecule is c1ccc(-c2ccc(N(c3ccc(-c4ccccc4)cc3)c3ccc(-c4ccc5c(c4)-c4cc(-c6ccccc6)ccc4C5(c4ccccc4)c4ccccc4)cc3)cc2)cc1. The van der Waals surface area contributed by atoms with E-state index in [1.165, 1.54) is 77.9 Å². The Morgan fingerprint density at radius 2 is 0.484 bits per heavy atom. The van der Waals surface area contributed by atoms with E-state index in [4.69, 9.17) is 0 Å². The third-order valence-electron chi connectivity index (χ3n) is 12.6. The maximum absolute atomic E-state index is 2.42. The fourth-order valence-corrected chi connectivity index (χ4v) is 9.61. The summed E-state index contributed by atoms with van der Waals surface area (Å²) in [6.07, 6.45) is 0. The van der Waals surface area contributed by atoms with Crippen LogP contribution in [0.15, 0.2) is 261 Å². The summed E-state index contributed by atoms with van der Waals surface area (Å²) < 4.78 is 0. The van der Waals surface area contributed by atoms with Crippen LogP contribution in [0.4, 0.5) is 17.1 Å². The first-order valence-electron chi connectivity index (χ1n) is 21.4. The van der Waals surface area contributed by atoms with Crippen LogP contribution < -0.4 is 4.90 Å². The normalized spacial score (nSPS) is 12.3. The van der Waals surface area contributed by atoms with Gasteiger partial charge in [-0.2, -0.15) is 0 Å². The molecule has 0 fully saturated rings.